The van der Waals surface area contributed by atoms with Crippen LogP contribution in [0, 0.1) is 0 Å². The fraction of sp³-hybridized carbons (Fsp3) is 0.583. The first-order chi connectivity index (χ1) is 7.36. The highest BCUT2D eigenvalue weighted by molar-refractivity contribution is 5.44. The van der Waals surface area contributed by atoms with Gasteiger partial charge in [0.25, 0.3) is 0 Å². The van der Waals surface area contributed by atoms with Gasteiger partial charge < -0.3 is 10.6 Å². The molecule has 1 saturated heterocycles. The van der Waals surface area contributed by atoms with Crippen LogP contribution in [0.1, 0.15) is 32.1 Å². The van der Waals surface area contributed by atoms with Crippen molar-refractivity contribution >= 4 is 11.6 Å². The average Bonchev–Trinajstić information content (AvgIpc) is 2.16. The summed E-state index contributed by atoms with van der Waals surface area (Å²) < 4.78 is 0. The van der Waals surface area contributed by atoms with Crippen molar-refractivity contribution in [2.24, 2.45) is 0 Å². The first-order valence-electron chi connectivity index (χ1n) is 5.84. The Hall–Kier alpha value is -1.25. The van der Waals surface area contributed by atoms with E-state index in [1.807, 2.05) is 12.1 Å². The molecule has 0 amide bonds. The van der Waals surface area contributed by atoms with Crippen LogP contribution >= 0.6 is 0 Å². The van der Waals surface area contributed by atoms with Gasteiger partial charge in [0, 0.05) is 13.1 Å². The summed E-state index contributed by atoms with van der Waals surface area (Å²) in [5, 5.41) is 0. The number of aromatic nitrogens is 1. The third-order valence-electron chi connectivity index (χ3n) is 2.94. The van der Waals surface area contributed by atoms with Gasteiger partial charge in [-0.15, -0.1) is 0 Å². The number of nitrogens with two attached hydrogens (primary N) is 1. The van der Waals surface area contributed by atoms with Gasteiger partial charge in [-0.1, -0.05) is 25.3 Å². The Morgan fingerprint density at radius 1 is 1.00 bits per heavy atom. The predicted molar refractivity (Wildman–Crippen MR) is 63.9 cm³/mol. The van der Waals surface area contributed by atoms with E-state index in [9.17, 15) is 0 Å². The van der Waals surface area contributed by atoms with E-state index in [1.165, 1.54) is 32.1 Å². The standard InChI is InChI=1S/C12H19N3/c13-11-7-6-8-12(14-11)15-9-4-2-1-3-5-10-15/h6-8H,1-5,9-10H2,(H2,13,14). The molecule has 1 aromatic rings. The van der Waals surface area contributed by atoms with Crippen LogP contribution in [0.5, 0.6) is 0 Å². The predicted octanol–water partition coefficient (Wildman–Crippen LogP) is 2.43. The fourth-order valence-electron chi connectivity index (χ4n) is 2.09. The van der Waals surface area contributed by atoms with Gasteiger partial charge in [-0.05, 0) is 25.0 Å². The summed E-state index contributed by atoms with van der Waals surface area (Å²) in [7, 11) is 0. The van der Waals surface area contributed by atoms with Crippen LogP contribution < -0.4 is 10.6 Å². The monoisotopic (exact) mass is 205 g/mol. The summed E-state index contributed by atoms with van der Waals surface area (Å²) in [6.45, 7) is 2.24. The van der Waals surface area contributed by atoms with Crippen LogP contribution in [0.2, 0.25) is 0 Å². The van der Waals surface area contributed by atoms with E-state index in [1.54, 1.807) is 0 Å². The zero-order chi connectivity index (χ0) is 10.5. The Morgan fingerprint density at radius 2 is 1.67 bits per heavy atom. The second kappa shape index (κ2) is 5.01. The van der Waals surface area contributed by atoms with Crippen LogP contribution in [0.25, 0.3) is 0 Å². The minimum Gasteiger partial charge on any atom is -0.384 e. The lowest BCUT2D eigenvalue weighted by Crippen LogP contribution is -2.27. The van der Waals surface area contributed by atoms with E-state index in [-0.39, 0.29) is 0 Å². The molecule has 15 heavy (non-hydrogen) atoms. The van der Waals surface area contributed by atoms with Crippen LogP contribution in [-0.2, 0) is 0 Å². The van der Waals surface area contributed by atoms with E-state index < -0.39 is 0 Å². The molecule has 1 aliphatic rings. The zero-order valence-electron chi connectivity index (χ0n) is 9.15. The summed E-state index contributed by atoms with van der Waals surface area (Å²) in [4.78, 5) is 6.73. The van der Waals surface area contributed by atoms with Crippen LogP contribution in [0.15, 0.2) is 18.2 Å². The van der Waals surface area contributed by atoms with Gasteiger partial charge in [-0.3, -0.25) is 0 Å². The molecule has 0 atom stereocenters. The Morgan fingerprint density at radius 3 is 2.33 bits per heavy atom. The van der Waals surface area contributed by atoms with Gasteiger partial charge in [0.2, 0.25) is 0 Å². The van der Waals surface area contributed by atoms with Crippen molar-refractivity contribution < 1.29 is 0 Å². The molecule has 0 aliphatic carbocycles. The Bertz CT molecular complexity index is 303. The maximum absolute atomic E-state index is 5.70. The molecule has 0 saturated carbocycles. The van der Waals surface area contributed by atoms with Crippen LogP contribution in [-0.4, -0.2) is 18.1 Å². The molecule has 0 unspecified atom stereocenters. The molecule has 1 fully saturated rings. The number of nitrogens with zero attached hydrogens (tertiary/aromatic N) is 2. The fourth-order valence-corrected chi connectivity index (χ4v) is 2.09. The SMILES string of the molecule is Nc1cccc(N2CCCCCCC2)n1. The minimum absolute atomic E-state index is 0.620. The second-order valence-corrected chi connectivity index (χ2v) is 4.18. The lowest BCUT2D eigenvalue weighted by Gasteiger charge is -2.25. The van der Waals surface area contributed by atoms with Crippen molar-refractivity contribution in [3.63, 3.8) is 0 Å². The van der Waals surface area contributed by atoms with Gasteiger partial charge in [0.15, 0.2) is 0 Å². The second-order valence-electron chi connectivity index (χ2n) is 4.18. The van der Waals surface area contributed by atoms with Gasteiger partial charge in [0.1, 0.15) is 11.6 Å². The normalized spacial score (nSPS) is 18.3. The smallest absolute Gasteiger partial charge is 0.130 e. The first kappa shape index (κ1) is 10.3. The highest BCUT2D eigenvalue weighted by Gasteiger charge is 2.09. The molecule has 1 aromatic heterocycles. The van der Waals surface area contributed by atoms with Crippen molar-refractivity contribution in [1.82, 2.24) is 4.98 Å². The minimum atomic E-state index is 0.620. The number of hydrogen-bond donors (Lipinski definition) is 1. The van der Waals surface area contributed by atoms with Crippen molar-refractivity contribution in [2.75, 3.05) is 23.7 Å². The van der Waals surface area contributed by atoms with Crippen molar-refractivity contribution in [3.8, 4) is 0 Å². The van der Waals surface area contributed by atoms with Gasteiger partial charge in [-0.25, -0.2) is 4.98 Å². The van der Waals surface area contributed by atoms with Crippen molar-refractivity contribution in [2.45, 2.75) is 32.1 Å². The molecule has 0 radical (unpaired) electrons. The van der Waals surface area contributed by atoms with E-state index in [0.29, 0.717) is 5.82 Å². The summed E-state index contributed by atoms with van der Waals surface area (Å²) in [5.74, 6) is 1.66. The van der Waals surface area contributed by atoms with E-state index in [2.05, 4.69) is 16.0 Å². The highest BCUT2D eigenvalue weighted by atomic mass is 15.2. The molecule has 2 heterocycles. The number of pyridine rings is 1. The molecule has 2 rings (SSSR count). The van der Waals surface area contributed by atoms with Gasteiger partial charge in [0.05, 0.1) is 0 Å². The lowest BCUT2D eigenvalue weighted by molar-refractivity contribution is 0.554. The maximum atomic E-state index is 5.70. The first-order valence-corrected chi connectivity index (χ1v) is 5.84. The number of nitrogen functional groups attached to an aromatic ring is 1. The highest BCUT2D eigenvalue weighted by Crippen LogP contribution is 2.17. The molecule has 82 valence electrons. The quantitative estimate of drug-likeness (QED) is 0.765. The lowest BCUT2D eigenvalue weighted by atomic mass is 10.1. The Labute approximate surface area is 91.3 Å². The molecule has 0 aromatic carbocycles. The average molecular weight is 205 g/mol. The van der Waals surface area contributed by atoms with E-state index in [4.69, 9.17) is 5.73 Å². The zero-order valence-corrected chi connectivity index (χ0v) is 9.15. The molecular weight excluding hydrogens is 186 g/mol. The summed E-state index contributed by atoms with van der Waals surface area (Å²) in [6.07, 6.45) is 6.63. The maximum Gasteiger partial charge on any atom is 0.130 e. The molecule has 0 spiro atoms. The molecule has 0 bridgehead atoms. The molecule has 3 nitrogen and oxygen atoms in total. The van der Waals surface area contributed by atoms with Crippen molar-refractivity contribution in [1.29, 1.82) is 0 Å². The van der Waals surface area contributed by atoms with E-state index in [0.717, 1.165) is 18.9 Å². The Balaban J connectivity index is 2.06. The van der Waals surface area contributed by atoms with Crippen molar-refractivity contribution in [3.05, 3.63) is 18.2 Å². The summed E-state index contributed by atoms with van der Waals surface area (Å²) >= 11 is 0. The third-order valence-corrected chi connectivity index (χ3v) is 2.94. The summed E-state index contributed by atoms with van der Waals surface area (Å²) in [5.41, 5.74) is 5.70. The third kappa shape index (κ3) is 2.85. The number of rotatable bonds is 1. The van der Waals surface area contributed by atoms with Gasteiger partial charge >= 0.3 is 0 Å². The molecular formula is C12H19N3. The van der Waals surface area contributed by atoms with Gasteiger partial charge in [-0.2, -0.15) is 0 Å². The van der Waals surface area contributed by atoms with E-state index >= 15 is 0 Å². The van der Waals surface area contributed by atoms with Crippen LogP contribution in [0.4, 0.5) is 11.6 Å². The topological polar surface area (TPSA) is 42.1 Å². The summed E-state index contributed by atoms with van der Waals surface area (Å²) in [6, 6.07) is 5.88. The Kier molecular flexibility index (Phi) is 3.43. The molecule has 1 aliphatic heterocycles. The largest absolute Gasteiger partial charge is 0.384 e. The molecule has 2 N–H and O–H groups in total. The number of hydrogen-bond acceptors (Lipinski definition) is 3. The van der Waals surface area contributed by atoms with Crippen LogP contribution in [0.3, 0.4) is 0 Å². The number of anilines is 2. The molecule has 3 heteroatoms.